The summed E-state index contributed by atoms with van der Waals surface area (Å²) < 4.78 is 21.3. The molecule has 2 N–H and O–H groups in total. The van der Waals surface area contributed by atoms with Crippen molar-refractivity contribution in [1.82, 2.24) is 0 Å². The maximum Gasteiger partial charge on any atom is 0.147 e. The topological polar surface area (TPSA) is 77.4 Å². The normalized spacial score (nSPS) is 13.8. The fourth-order valence-electron chi connectivity index (χ4n) is 4.65. The van der Waals surface area contributed by atoms with E-state index in [4.69, 9.17) is 18.9 Å². The number of aryl methyl sites for hydroxylation is 2. The SMILES string of the molecule is COCO[C@@H](c1ccccc1)[C@@H](O)CCc1ccccc1.COCO[C@@H](c1ccccc1)[C@H](O)CCc1ccccc1. The van der Waals surface area contributed by atoms with Crippen molar-refractivity contribution in [2.45, 2.75) is 50.1 Å². The van der Waals surface area contributed by atoms with Crippen LogP contribution in [0.25, 0.3) is 0 Å². The second-order valence-electron chi connectivity index (χ2n) is 9.99. The first-order valence-electron chi connectivity index (χ1n) is 14.4. The molecule has 4 atom stereocenters. The molecule has 224 valence electrons. The highest BCUT2D eigenvalue weighted by atomic mass is 16.7. The van der Waals surface area contributed by atoms with E-state index in [0.717, 1.165) is 24.0 Å². The summed E-state index contributed by atoms with van der Waals surface area (Å²) in [6.07, 6.45) is 1.07. The van der Waals surface area contributed by atoms with Crippen molar-refractivity contribution in [2.24, 2.45) is 0 Å². The van der Waals surface area contributed by atoms with Gasteiger partial charge in [0.15, 0.2) is 0 Å². The highest BCUT2D eigenvalue weighted by molar-refractivity contribution is 5.21. The summed E-state index contributed by atoms with van der Waals surface area (Å²) in [6, 6.07) is 39.9. The molecule has 0 aromatic heterocycles. The van der Waals surface area contributed by atoms with Crippen LogP contribution in [0.5, 0.6) is 0 Å². The molecule has 0 spiro atoms. The molecule has 6 heteroatoms. The van der Waals surface area contributed by atoms with Crippen molar-refractivity contribution in [2.75, 3.05) is 27.8 Å². The van der Waals surface area contributed by atoms with Crippen LogP contribution in [0.4, 0.5) is 0 Å². The quantitative estimate of drug-likeness (QED) is 0.146. The minimum absolute atomic E-state index is 0.169. The van der Waals surface area contributed by atoms with Crippen LogP contribution in [0.2, 0.25) is 0 Å². The molecule has 0 aliphatic carbocycles. The van der Waals surface area contributed by atoms with Crippen LogP contribution in [0.15, 0.2) is 121 Å². The standard InChI is InChI=1S/2C18H22O3/c2*1-20-14-21-18(16-10-6-3-7-11-16)17(19)13-12-15-8-4-2-5-9-15/h2*2-11,17-19H,12-14H2,1H3/t17-,18+;17-,18-/m10/s1. The maximum atomic E-state index is 10.5. The monoisotopic (exact) mass is 572 g/mol. The predicted molar refractivity (Wildman–Crippen MR) is 166 cm³/mol. The van der Waals surface area contributed by atoms with E-state index in [1.54, 1.807) is 14.2 Å². The van der Waals surface area contributed by atoms with Gasteiger partial charge in [0, 0.05) is 14.2 Å². The third-order valence-corrected chi connectivity index (χ3v) is 6.83. The molecular formula is C36H44O6. The Morgan fingerprint density at radius 2 is 0.786 bits per heavy atom. The summed E-state index contributed by atoms with van der Waals surface area (Å²) in [5, 5.41) is 20.9. The largest absolute Gasteiger partial charge is 0.390 e. The van der Waals surface area contributed by atoms with E-state index in [1.807, 2.05) is 97.1 Å². The van der Waals surface area contributed by atoms with Crippen molar-refractivity contribution in [1.29, 1.82) is 0 Å². The fraction of sp³-hybridized carbons (Fsp3) is 0.333. The second kappa shape index (κ2) is 19.7. The molecular weight excluding hydrogens is 528 g/mol. The summed E-state index contributed by atoms with van der Waals surface area (Å²) in [5.41, 5.74) is 4.37. The zero-order chi connectivity index (χ0) is 29.8. The molecule has 0 bridgehead atoms. The Hall–Kier alpha value is -3.36. The van der Waals surface area contributed by atoms with Crippen molar-refractivity contribution in [3.63, 3.8) is 0 Å². The summed E-state index contributed by atoms with van der Waals surface area (Å²) in [4.78, 5) is 0. The zero-order valence-corrected chi connectivity index (χ0v) is 24.6. The Morgan fingerprint density at radius 3 is 1.10 bits per heavy atom. The van der Waals surface area contributed by atoms with Crippen molar-refractivity contribution in [3.8, 4) is 0 Å². The number of hydrogen-bond donors (Lipinski definition) is 2. The first kappa shape index (κ1) is 33.1. The van der Waals surface area contributed by atoms with Gasteiger partial charge in [-0.2, -0.15) is 0 Å². The van der Waals surface area contributed by atoms with Crippen molar-refractivity contribution < 1.29 is 29.2 Å². The van der Waals surface area contributed by atoms with Gasteiger partial charge < -0.3 is 29.2 Å². The average Bonchev–Trinajstić information content (AvgIpc) is 3.05. The van der Waals surface area contributed by atoms with E-state index < -0.39 is 12.2 Å². The molecule has 0 heterocycles. The van der Waals surface area contributed by atoms with Gasteiger partial charge in [0.1, 0.15) is 25.8 Å². The molecule has 6 nitrogen and oxygen atoms in total. The lowest BCUT2D eigenvalue weighted by molar-refractivity contribution is -0.116. The highest BCUT2D eigenvalue weighted by Gasteiger charge is 2.22. The fourth-order valence-corrected chi connectivity index (χ4v) is 4.65. The molecule has 0 saturated carbocycles. The summed E-state index contributed by atoms with van der Waals surface area (Å²) in [6.45, 7) is 0.337. The molecule has 4 aromatic carbocycles. The zero-order valence-electron chi connectivity index (χ0n) is 24.6. The second-order valence-corrected chi connectivity index (χ2v) is 9.99. The molecule has 4 rings (SSSR count). The maximum absolute atomic E-state index is 10.5. The number of rotatable bonds is 16. The van der Waals surface area contributed by atoms with Gasteiger partial charge in [-0.3, -0.25) is 0 Å². The van der Waals surface area contributed by atoms with Crippen LogP contribution >= 0.6 is 0 Å². The molecule has 0 amide bonds. The van der Waals surface area contributed by atoms with E-state index in [1.165, 1.54) is 11.1 Å². The molecule has 0 aliphatic rings. The van der Waals surface area contributed by atoms with Gasteiger partial charge in [-0.25, -0.2) is 0 Å². The lowest BCUT2D eigenvalue weighted by Crippen LogP contribution is -2.23. The Balaban J connectivity index is 0.000000230. The van der Waals surface area contributed by atoms with Gasteiger partial charge in [0.2, 0.25) is 0 Å². The first-order chi connectivity index (χ1) is 20.6. The first-order valence-corrected chi connectivity index (χ1v) is 14.4. The van der Waals surface area contributed by atoms with Crippen molar-refractivity contribution >= 4 is 0 Å². The van der Waals surface area contributed by atoms with Gasteiger partial charge in [-0.15, -0.1) is 0 Å². The van der Waals surface area contributed by atoms with Gasteiger partial charge in [0.05, 0.1) is 12.2 Å². The van der Waals surface area contributed by atoms with Crippen LogP contribution < -0.4 is 0 Å². The van der Waals surface area contributed by atoms with Gasteiger partial charge in [-0.1, -0.05) is 121 Å². The average molecular weight is 573 g/mol. The molecule has 0 aliphatic heterocycles. The molecule has 0 unspecified atom stereocenters. The minimum Gasteiger partial charge on any atom is -0.390 e. The minimum atomic E-state index is -0.567. The van der Waals surface area contributed by atoms with Gasteiger partial charge >= 0.3 is 0 Å². The van der Waals surface area contributed by atoms with E-state index in [9.17, 15) is 10.2 Å². The van der Waals surface area contributed by atoms with E-state index in [2.05, 4.69) is 24.3 Å². The van der Waals surface area contributed by atoms with E-state index >= 15 is 0 Å². The molecule has 42 heavy (non-hydrogen) atoms. The van der Waals surface area contributed by atoms with Crippen LogP contribution in [-0.4, -0.2) is 50.2 Å². The Kier molecular flexibility index (Phi) is 15.6. The molecule has 4 aromatic rings. The lowest BCUT2D eigenvalue weighted by atomic mass is 9.98. The van der Waals surface area contributed by atoms with Gasteiger partial charge in [-0.05, 0) is 47.9 Å². The summed E-state index contributed by atoms with van der Waals surface area (Å²) >= 11 is 0. The predicted octanol–water partition coefficient (Wildman–Crippen LogP) is 6.68. The third kappa shape index (κ3) is 11.9. The van der Waals surface area contributed by atoms with Crippen LogP contribution in [-0.2, 0) is 31.8 Å². The summed E-state index contributed by atoms with van der Waals surface area (Å²) in [7, 11) is 3.16. The van der Waals surface area contributed by atoms with Gasteiger partial charge in [0.25, 0.3) is 0 Å². The Bertz CT molecular complexity index is 1090. The smallest absolute Gasteiger partial charge is 0.147 e. The molecule has 0 saturated heterocycles. The number of aliphatic hydroxyl groups excluding tert-OH is 2. The number of hydrogen-bond acceptors (Lipinski definition) is 6. The van der Waals surface area contributed by atoms with Crippen LogP contribution in [0, 0.1) is 0 Å². The number of ether oxygens (including phenoxy) is 4. The third-order valence-electron chi connectivity index (χ3n) is 6.83. The van der Waals surface area contributed by atoms with Crippen LogP contribution in [0.1, 0.15) is 47.3 Å². The number of aliphatic hydroxyl groups is 2. The van der Waals surface area contributed by atoms with E-state index in [0.29, 0.717) is 12.8 Å². The number of methoxy groups -OCH3 is 2. The molecule has 0 radical (unpaired) electrons. The number of benzene rings is 4. The van der Waals surface area contributed by atoms with Crippen LogP contribution in [0.3, 0.4) is 0 Å². The van der Waals surface area contributed by atoms with Crippen molar-refractivity contribution in [3.05, 3.63) is 144 Å². The lowest BCUT2D eigenvalue weighted by Gasteiger charge is -2.23. The Labute approximate surface area is 250 Å². The highest BCUT2D eigenvalue weighted by Crippen LogP contribution is 2.25. The molecule has 0 fully saturated rings. The Morgan fingerprint density at radius 1 is 0.476 bits per heavy atom. The van der Waals surface area contributed by atoms with E-state index in [-0.39, 0.29) is 25.8 Å². The summed E-state index contributed by atoms with van der Waals surface area (Å²) in [5.74, 6) is 0.